The zero-order chi connectivity index (χ0) is 22.6. The molecule has 0 aliphatic rings. The molecular formula is C26H30N2O3. The number of allylic oxidation sites excluding steroid dienone is 1. The molecule has 0 fully saturated rings. The van der Waals surface area contributed by atoms with Gasteiger partial charge in [-0.2, -0.15) is 0 Å². The van der Waals surface area contributed by atoms with E-state index in [4.69, 9.17) is 4.74 Å². The zero-order valence-electron chi connectivity index (χ0n) is 18.8. The van der Waals surface area contributed by atoms with Crippen molar-refractivity contribution < 1.29 is 14.6 Å². The minimum Gasteiger partial charge on any atom is -0.478 e. The molecule has 5 heteroatoms. The molecule has 1 atom stereocenters. The number of aromatic amines is 1. The highest BCUT2D eigenvalue weighted by atomic mass is 16.5. The Labute approximate surface area is 183 Å². The average molecular weight is 419 g/mol. The Hall–Kier alpha value is -3.34. The van der Waals surface area contributed by atoms with E-state index in [1.807, 2.05) is 38.2 Å². The maximum absolute atomic E-state index is 11.3. The van der Waals surface area contributed by atoms with Crippen molar-refractivity contribution in [2.75, 3.05) is 0 Å². The van der Waals surface area contributed by atoms with Gasteiger partial charge in [0.1, 0.15) is 12.0 Å². The first-order chi connectivity index (χ1) is 14.8. The molecule has 3 aromatic rings. The quantitative estimate of drug-likeness (QED) is 0.322. The maximum atomic E-state index is 11.3. The molecule has 31 heavy (non-hydrogen) atoms. The Morgan fingerprint density at radius 1 is 1.23 bits per heavy atom. The molecule has 0 bridgehead atoms. The Morgan fingerprint density at radius 3 is 2.52 bits per heavy atom. The van der Waals surface area contributed by atoms with Crippen molar-refractivity contribution >= 4 is 23.1 Å². The first kappa shape index (κ1) is 22.3. The molecule has 0 radical (unpaired) electrons. The van der Waals surface area contributed by atoms with E-state index >= 15 is 0 Å². The minimum atomic E-state index is -0.926. The lowest BCUT2D eigenvalue weighted by Crippen LogP contribution is -2.29. The number of aromatic carboxylic acids is 1. The molecule has 3 rings (SSSR count). The summed E-state index contributed by atoms with van der Waals surface area (Å²) in [5, 5.41) is 10.3. The summed E-state index contributed by atoms with van der Waals surface area (Å²) in [5.74, 6) is 0.144. The van der Waals surface area contributed by atoms with Crippen molar-refractivity contribution in [3.8, 4) is 5.75 Å². The van der Waals surface area contributed by atoms with Crippen LogP contribution in [0.1, 0.15) is 62.5 Å². The van der Waals surface area contributed by atoms with Crippen LogP contribution in [0.4, 0.5) is 0 Å². The molecule has 0 saturated carbocycles. The van der Waals surface area contributed by atoms with Crippen LogP contribution in [0.25, 0.3) is 10.9 Å². The van der Waals surface area contributed by atoms with E-state index in [-0.39, 0.29) is 11.0 Å². The molecule has 0 saturated heterocycles. The van der Waals surface area contributed by atoms with Crippen LogP contribution in [-0.2, 0) is 5.41 Å². The lowest BCUT2D eigenvalue weighted by atomic mass is 9.68. The second-order valence-corrected chi connectivity index (χ2v) is 8.12. The van der Waals surface area contributed by atoms with Gasteiger partial charge in [0.2, 0.25) is 0 Å². The Balaban J connectivity index is 1.98. The third-order valence-electron chi connectivity index (χ3n) is 6.09. The predicted octanol–water partition coefficient (Wildman–Crippen LogP) is 6.55. The molecular weight excluding hydrogens is 388 g/mol. The summed E-state index contributed by atoms with van der Waals surface area (Å²) in [7, 11) is 0. The lowest BCUT2D eigenvalue weighted by Gasteiger charge is -2.35. The maximum Gasteiger partial charge on any atom is 0.335 e. The lowest BCUT2D eigenvalue weighted by molar-refractivity contribution is 0.0697. The van der Waals surface area contributed by atoms with Gasteiger partial charge in [-0.1, -0.05) is 45.9 Å². The van der Waals surface area contributed by atoms with Crippen LogP contribution in [0.3, 0.4) is 0 Å². The molecule has 0 aliphatic heterocycles. The number of carboxylic acids is 1. The van der Waals surface area contributed by atoms with Gasteiger partial charge in [-0.15, -0.1) is 0 Å². The standard InChI is InChI=1S/C26H30N2O3/c1-6-20(27-7-2)16-31-21-11-9-19(10-12-21)26(5,17(3)4)23-15-28-24-14-18(25(29)30)8-13-22(23)24/h7-17,28H,6H2,1-5H3,(H,29,30)/b20-16-,27-7?. The molecule has 0 amide bonds. The fourth-order valence-corrected chi connectivity index (χ4v) is 3.88. The fraction of sp³-hybridized carbons (Fsp3) is 0.308. The molecule has 1 aromatic heterocycles. The highest BCUT2D eigenvalue weighted by molar-refractivity contribution is 5.94. The highest BCUT2D eigenvalue weighted by Crippen LogP contribution is 2.42. The van der Waals surface area contributed by atoms with Gasteiger partial charge in [-0.05, 0) is 54.7 Å². The Bertz CT molecular complexity index is 1120. The van der Waals surface area contributed by atoms with Crippen molar-refractivity contribution in [2.45, 2.75) is 46.5 Å². The first-order valence-electron chi connectivity index (χ1n) is 10.6. The molecule has 0 spiro atoms. The predicted molar refractivity (Wildman–Crippen MR) is 126 cm³/mol. The second kappa shape index (κ2) is 9.21. The van der Waals surface area contributed by atoms with Gasteiger partial charge in [0.15, 0.2) is 0 Å². The van der Waals surface area contributed by atoms with Gasteiger partial charge in [0, 0.05) is 28.7 Å². The van der Waals surface area contributed by atoms with Crippen LogP contribution in [-0.4, -0.2) is 22.3 Å². The molecule has 162 valence electrons. The second-order valence-electron chi connectivity index (χ2n) is 8.12. The minimum absolute atomic E-state index is 0.265. The van der Waals surface area contributed by atoms with E-state index in [0.29, 0.717) is 5.92 Å². The van der Waals surface area contributed by atoms with Crippen LogP contribution >= 0.6 is 0 Å². The number of aliphatic imine (C=N–C) groups is 1. The number of hydrogen-bond acceptors (Lipinski definition) is 3. The third kappa shape index (κ3) is 4.41. The number of rotatable bonds is 8. The fourth-order valence-electron chi connectivity index (χ4n) is 3.88. The van der Waals surface area contributed by atoms with Crippen LogP contribution in [0, 0.1) is 5.92 Å². The first-order valence-corrected chi connectivity index (χ1v) is 10.6. The van der Waals surface area contributed by atoms with Gasteiger partial charge in [-0.3, -0.25) is 4.99 Å². The number of benzene rings is 2. The Kier molecular flexibility index (Phi) is 6.64. The summed E-state index contributed by atoms with van der Waals surface area (Å²) in [5.41, 5.74) is 4.05. The van der Waals surface area contributed by atoms with Gasteiger partial charge < -0.3 is 14.8 Å². The summed E-state index contributed by atoms with van der Waals surface area (Å²) < 4.78 is 5.80. The van der Waals surface area contributed by atoms with E-state index in [0.717, 1.165) is 34.3 Å². The number of aromatic nitrogens is 1. The highest BCUT2D eigenvalue weighted by Gasteiger charge is 2.34. The van der Waals surface area contributed by atoms with E-state index in [1.165, 1.54) is 5.56 Å². The number of carboxylic acid groups (broad SMARTS) is 1. The largest absolute Gasteiger partial charge is 0.478 e. The number of ether oxygens (including phenoxy) is 1. The smallest absolute Gasteiger partial charge is 0.335 e. The zero-order valence-corrected chi connectivity index (χ0v) is 18.8. The number of fused-ring (bicyclic) bond motifs is 1. The van der Waals surface area contributed by atoms with E-state index in [9.17, 15) is 9.90 Å². The molecule has 0 aliphatic carbocycles. The van der Waals surface area contributed by atoms with Gasteiger partial charge >= 0.3 is 5.97 Å². The van der Waals surface area contributed by atoms with Crippen molar-refractivity contribution in [3.05, 3.63) is 77.3 Å². The van der Waals surface area contributed by atoms with Crippen molar-refractivity contribution in [2.24, 2.45) is 10.9 Å². The van der Waals surface area contributed by atoms with E-state index in [1.54, 1.807) is 24.6 Å². The van der Waals surface area contributed by atoms with Gasteiger partial charge in [0.05, 0.1) is 11.3 Å². The molecule has 5 nitrogen and oxygen atoms in total. The number of H-pyrrole nitrogens is 1. The third-order valence-corrected chi connectivity index (χ3v) is 6.09. The van der Waals surface area contributed by atoms with Gasteiger partial charge in [0.25, 0.3) is 0 Å². The van der Waals surface area contributed by atoms with Crippen LogP contribution in [0.15, 0.2) is 65.6 Å². The topological polar surface area (TPSA) is 74.7 Å². The summed E-state index contributed by atoms with van der Waals surface area (Å²) in [4.78, 5) is 18.9. The van der Waals surface area contributed by atoms with Crippen molar-refractivity contribution in [1.29, 1.82) is 0 Å². The monoisotopic (exact) mass is 418 g/mol. The number of carbonyl (C=O) groups is 1. The SMILES string of the molecule is CC=N/C(=C\Oc1ccc(C(C)(c2c[nH]c3cc(C(=O)O)ccc23)C(C)C)cc1)CC. The van der Waals surface area contributed by atoms with Gasteiger partial charge in [-0.25, -0.2) is 4.79 Å². The van der Waals surface area contributed by atoms with Crippen LogP contribution in [0.5, 0.6) is 5.75 Å². The molecule has 2 aromatic carbocycles. The molecule has 2 N–H and O–H groups in total. The van der Waals surface area contributed by atoms with E-state index in [2.05, 4.69) is 42.9 Å². The van der Waals surface area contributed by atoms with Crippen LogP contribution in [0.2, 0.25) is 0 Å². The summed E-state index contributed by atoms with van der Waals surface area (Å²) in [6.07, 6.45) is 6.25. The van der Waals surface area contributed by atoms with Crippen molar-refractivity contribution in [3.63, 3.8) is 0 Å². The summed E-state index contributed by atoms with van der Waals surface area (Å²) >= 11 is 0. The van der Waals surface area contributed by atoms with Crippen molar-refractivity contribution in [1.82, 2.24) is 4.98 Å². The normalized spacial score (nSPS) is 14.3. The van der Waals surface area contributed by atoms with Crippen LogP contribution < -0.4 is 4.74 Å². The number of nitrogens with one attached hydrogen (secondary N) is 1. The summed E-state index contributed by atoms with van der Waals surface area (Å²) in [6.45, 7) is 10.6. The number of hydrogen-bond donors (Lipinski definition) is 2. The summed E-state index contributed by atoms with van der Waals surface area (Å²) in [6, 6.07) is 13.4. The average Bonchev–Trinajstić information content (AvgIpc) is 3.20. The molecule has 1 unspecified atom stereocenters. The number of nitrogens with zero attached hydrogens (tertiary/aromatic N) is 1. The molecule has 1 heterocycles. The van der Waals surface area contributed by atoms with E-state index < -0.39 is 5.97 Å². The Morgan fingerprint density at radius 2 is 1.94 bits per heavy atom.